The first kappa shape index (κ1) is 14.8. The molecule has 0 saturated heterocycles. The molecule has 0 radical (unpaired) electrons. The molecule has 0 fully saturated rings. The minimum Gasteiger partial charge on any atom is -0.462 e. The number of ether oxygens (including phenoxy) is 1. The molecule has 0 saturated carbocycles. The van der Waals surface area contributed by atoms with E-state index in [-0.39, 0.29) is 5.56 Å². The van der Waals surface area contributed by atoms with Crippen LogP contribution in [0.15, 0.2) is 12.4 Å². The second-order valence-corrected chi connectivity index (χ2v) is 4.90. The Balaban J connectivity index is 2.31. The van der Waals surface area contributed by atoms with Crippen LogP contribution in [0.2, 0.25) is 5.02 Å². The van der Waals surface area contributed by atoms with Crippen molar-refractivity contribution in [1.29, 1.82) is 0 Å². The first-order valence-corrected chi connectivity index (χ1v) is 7.24. The zero-order valence-corrected chi connectivity index (χ0v) is 12.5. The van der Waals surface area contributed by atoms with Gasteiger partial charge in [-0.3, -0.25) is 0 Å². The summed E-state index contributed by atoms with van der Waals surface area (Å²) >= 11 is 6.25. The first-order chi connectivity index (χ1) is 9.69. The number of carbonyl (C=O) groups excluding carboxylic acids is 1. The number of hydrogen-bond donors (Lipinski definition) is 0. The summed E-state index contributed by atoms with van der Waals surface area (Å²) in [4.78, 5) is 16.1. The quantitative estimate of drug-likeness (QED) is 0.605. The second kappa shape index (κ2) is 6.70. The summed E-state index contributed by atoms with van der Waals surface area (Å²) in [7, 11) is 0. The number of hydrogen-bond acceptors (Lipinski definition) is 4. The molecule has 0 N–H and O–H groups in total. The lowest BCUT2D eigenvalue weighted by Crippen LogP contribution is -2.07. The normalized spacial score (nSPS) is 10.9. The Morgan fingerprint density at radius 2 is 2.15 bits per heavy atom. The topological polar surface area (TPSA) is 57.0 Å². The van der Waals surface area contributed by atoms with Gasteiger partial charge in [0, 0.05) is 12.7 Å². The molecule has 0 spiro atoms. The van der Waals surface area contributed by atoms with Crippen LogP contribution in [0.3, 0.4) is 0 Å². The maximum atomic E-state index is 11.8. The van der Waals surface area contributed by atoms with Crippen molar-refractivity contribution >= 4 is 28.6 Å². The van der Waals surface area contributed by atoms with Crippen LogP contribution in [-0.2, 0) is 11.3 Å². The van der Waals surface area contributed by atoms with Gasteiger partial charge in [0.25, 0.3) is 0 Å². The highest BCUT2D eigenvalue weighted by Crippen LogP contribution is 2.26. The maximum Gasteiger partial charge on any atom is 0.341 e. The number of unbranched alkanes of at least 4 members (excludes halogenated alkanes) is 2. The van der Waals surface area contributed by atoms with Crippen molar-refractivity contribution < 1.29 is 9.53 Å². The van der Waals surface area contributed by atoms with E-state index in [4.69, 9.17) is 16.3 Å². The molecule has 0 aromatic carbocycles. The van der Waals surface area contributed by atoms with Gasteiger partial charge < -0.3 is 4.74 Å². The second-order valence-electron chi connectivity index (χ2n) is 4.52. The average Bonchev–Trinajstić information content (AvgIpc) is 2.84. The molecular formula is C14H18ClN3O2. The molecule has 5 nitrogen and oxygen atoms in total. The fourth-order valence-corrected chi connectivity index (χ4v) is 2.28. The Morgan fingerprint density at radius 3 is 2.85 bits per heavy atom. The summed E-state index contributed by atoms with van der Waals surface area (Å²) in [5.41, 5.74) is 0.994. The molecule has 6 heteroatoms. The monoisotopic (exact) mass is 295 g/mol. The standard InChI is InChI=1S/C14H18ClN3O2/c1-3-5-6-7-18-13-10(9-17-18)12(15)11(8-16-13)14(19)20-4-2/h8-9H,3-7H2,1-2H3. The minimum absolute atomic E-state index is 0.286. The largest absolute Gasteiger partial charge is 0.462 e. The lowest BCUT2D eigenvalue weighted by atomic mass is 10.2. The van der Waals surface area contributed by atoms with Gasteiger partial charge in [0.15, 0.2) is 5.65 Å². The van der Waals surface area contributed by atoms with Gasteiger partial charge in [-0.2, -0.15) is 5.10 Å². The van der Waals surface area contributed by atoms with E-state index >= 15 is 0 Å². The number of halogens is 1. The van der Waals surface area contributed by atoms with Crippen LogP contribution < -0.4 is 0 Å². The number of fused-ring (bicyclic) bond motifs is 1. The zero-order chi connectivity index (χ0) is 14.5. The number of pyridine rings is 1. The van der Waals surface area contributed by atoms with Gasteiger partial charge in [0.2, 0.25) is 0 Å². The number of nitrogens with zero attached hydrogens (tertiary/aromatic N) is 3. The van der Waals surface area contributed by atoms with Crippen LogP contribution in [-0.4, -0.2) is 27.3 Å². The fraction of sp³-hybridized carbons (Fsp3) is 0.500. The molecule has 2 rings (SSSR count). The van der Waals surface area contributed by atoms with Crippen molar-refractivity contribution in [2.75, 3.05) is 6.61 Å². The Hall–Kier alpha value is -1.62. The molecule has 0 aliphatic carbocycles. The predicted molar refractivity (Wildman–Crippen MR) is 78.0 cm³/mol. The molecular weight excluding hydrogens is 278 g/mol. The van der Waals surface area contributed by atoms with Crippen molar-refractivity contribution in [3.8, 4) is 0 Å². The van der Waals surface area contributed by atoms with E-state index in [2.05, 4.69) is 17.0 Å². The third-order valence-corrected chi connectivity index (χ3v) is 3.48. The van der Waals surface area contributed by atoms with E-state index < -0.39 is 5.97 Å². The van der Waals surface area contributed by atoms with Crippen molar-refractivity contribution in [3.63, 3.8) is 0 Å². The van der Waals surface area contributed by atoms with Crippen LogP contribution in [0.4, 0.5) is 0 Å². The fourth-order valence-electron chi connectivity index (χ4n) is 2.02. The van der Waals surface area contributed by atoms with Gasteiger partial charge in [0.05, 0.1) is 28.8 Å². The number of esters is 1. The molecule has 2 heterocycles. The van der Waals surface area contributed by atoms with Gasteiger partial charge >= 0.3 is 5.97 Å². The SMILES string of the molecule is CCCCCn1ncc2c(Cl)c(C(=O)OCC)cnc21. The van der Waals surface area contributed by atoms with Crippen LogP contribution in [0, 0.1) is 0 Å². The third-order valence-electron chi connectivity index (χ3n) is 3.07. The number of aryl methyl sites for hydroxylation is 1. The Labute approximate surface area is 122 Å². The van der Waals surface area contributed by atoms with E-state index in [1.54, 1.807) is 13.1 Å². The van der Waals surface area contributed by atoms with E-state index in [1.807, 2.05) is 4.68 Å². The summed E-state index contributed by atoms with van der Waals surface area (Å²) < 4.78 is 6.78. The van der Waals surface area contributed by atoms with Gasteiger partial charge in [-0.05, 0) is 13.3 Å². The van der Waals surface area contributed by atoms with Crippen molar-refractivity contribution in [2.45, 2.75) is 39.7 Å². The molecule has 20 heavy (non-hydrogen) atoms. The smallest absolute Gasteiger partial charge is 0.341 e. The molecule has 0 amide bonds. The van der Waals surface area contributed by atoms with Gasteiger partial charge in [0.1, 0.15) is 0 Å². The molecule has 0 unspecified atom stereocenters. The van der Waals surface area contributed by atoms with Crippen LogP contribution in [0.1, 0.15) is 43.5 Å². The highest BCUT2D eigenvalue weighted by molar-refractivity contribution is 6.38. The van der Waals surface area contributed by atoms with Gasteiger partial charge in [-0.1, -0.05) is 31.4 Å². The molecule has 2 aromatic heterocycles. The highest BCUT2D eigenvalue weighted by atomic mass is 35.5. The molecule has 0 aliphatic rings. The van der Waals surface area contributed by atoms with Gasteiger partial charge in [-0.25, -0.2) is 14.5 Å². The Morgan fingerprint density at radius 1 is 1.35 bits per heavy atom. The van der Waals surface area contributed by atoms with Crippen molar-refractivity contribution in [2.24, 2.45) is 0 Å². The van der Waals surface area contributed by atoms with Crippen LogP contribution in [0.25, 0.3) is 11.0 Å². The first-order valence-electron chi connectivity index (χ1n) is 6.86. The molecule has 0 atom stereocenters. The average molecular weight is 296 g/mol. The zero-order valence-electron chi connectivity index (χ0n) is 11.7. The van der Waals surface area contributed by atoms with Gasteiger partial charge in [-0.15, -0.1) is 0 Å². The summed E-state index contributed by atoms with van der Waals surface area (Å²) in [5, 5.41) is 5.34. The number of rotatable bonds is 6. The minimum atomic E-state index is -0.453. The molecule has 2 aromatic rings. The maximum absolute atomic E-state index is 11.8. The number of carbonyl (C=O) groups is 1. The molecule has 0 aliphatic heterocycles. The van der Waals surface area contributed by atoms with E-state index in [1.165, 1.54) is 6.20 Å². The number of aromatic nitrogens is 3. The van der Waals surface area contributed by atoms with E-state index in [0.29, 0.717) is 22.7 Å². The van der Waals surface area contributed by atoms with Crippen molar-refractivity contribution in [3.05, 3.63) is 23.0 Å². The van der Waals surface area contributed by atoms with Crippen molar-refractivity contribution in [1.82, 2.24) is 14.8 Å². The lowest BCUT2D eigenvalue weighted by molar-refractivity contribution is 0.0526. The highest BCUT2D eigenvalue weighted by Gasteiger charge is 2.17. The van der Waals surface area contributed by atoms with E-state index in [9.17, 15) is 4.79 Å². The lowest BCUT2D eigenvalue weighted by Gasteiger charge is -2.05. The summed E-state index contributed by atoms with van der Waals surface area (Å²) in [5.74, 6) is -0.453. The van der Waals surface area contributed by atoms with E-state index in [0.717, 1.165) is 25.8 Å². The summed E-state index contributed by atoms with van der Waals surface area (Å²) in [6.07, 6.45) is 6.46. The van der Waals surface area contributed by atoms with Crippen LogP contribution in [0.5, 0.6) is 0 Å². The third kappa shape index (κ3) is 2.93. The molecule has 0 bridgehead atoms. The predicted octanol–water partition coefficient (Wildman–Crippen LogP) is 3.45. The summed E-state index contributed by atoms with van der Waals surface area (Å²) in [6.45, 7) is 5.02. The Bertz CT molecular complexity index is 610. The summed E-state index contributed by atoms with van der Waals surface area (Å²) in [6, 6.07) is 0. The molecule has 108 valence electrons. The van der Waals surface area contributed by atoms with Crippen LogP contribution >= 0.6 is 11.6 Å². The Kier molecular flexibility index (Phi) is 4.95.